The number of benzene rings is 1. The maximum atomic E-state index is 12.0. The van der Waals surface area contributed by atoms with Crippen molar-refractivity contribution in [3.63, 3.8) is 0 Å². The molecule has 0 radical (unpaired) electrons. The quantitative estimate of drug-likeness (QED) is 0.861. The lowest BCUT2D eigenvalue weighted by atomic mass is 10.3. The van der Waals surface area contributed by atoms with Gasteiger partial charge in [0.05, 0.1) is 12.1 Å². The number of methoxy groups -OCH3 is 1. The van der Waals surface area contributed by atoms with Crippen molar-refractivity contribution in [2.75, 3.05) is 18.6 Å². The third-order valence-electron chi connectivity index (χ3n) is 2.87. The van der Waals surface area contributed by atoms with Gasteiger partial charge in [-0.1, -0.05) is 23.4 Å². The standard InChI is InChI=1S/C13H14ClNO3S/c1-8(16)19-10-6-13(17)15(7-10)9-3-4-11(14)12(5-9)18-2/h3-5,10H,6-7H2,1-2H3. The second kappa shape index (κ2) is 5.84. The van der Waals surface area contributed by atoms with Gasteiger partial charge in [0.2, 0.25) is 5.91 Å². The van der Waals surface area contributed by atoms with Crippen molar-refractivity contribution in [3.8, 4) is 5.75 Å². The predicted octanol–water partition coefficient (Wildman–Crippen LogP) is 2.73. The lowest BCUT2D eigenvalue weighted by Gasteiger charge is -2.17. The van der Waals surface area contributed by atoms with Gasteiger partial charge in [0, 0.05) is 36.9 Å². The molecule has 1 amide bonds. The van der Waals surface area contributed by atoms with Crippen LogP contribution in [0.4, 0.5) is 5.69 Å². The summed E-state index contributed by atoms with van der Waals surface area (Å²) in [5, 5.41) is 0.563. The van der Waals surface area contributed by atoms with Crippen LogP contribution in [-0.2, 0) is 9.59 Å². The van der Waals surface area contributed by atoms with E-state index in [-0.39, 0.29) is 16.3 Å². The normalized spacial score (nSPS) is 18.8. The molecule has 102 valence electrons. The van der Waals surface area contributed by atoms with Crippen molar-refractivity contribution in [3.05, 3.63) is 23.2 Å². The number of carbonyl (C=O) groups excluding carboxylic acids is 2. The highest BCUT2D eigenvalue weighted by Gasteiger charge is 2.32. The van der Waals surface area contributed by atoms with E-state index in [1.165, 1.54) is 25.8 Å². The van der Waals surface area contributed by atoms with Crippen molar-refractivity contribution < 1.29 is 14.3 Å². The van der Waals surface area contributed by atoms with E-state index in [1.807, 2.05) is 0 Å². The first kappa shape index (κ1) is 14.2. The molecular weight excluding hydrogens is 286 g/mol. The molecule has 1 unspecified atom stereocenters. The topological polar surface area (TPSA) is 46.6 Å². The molecule has 0 aliphatic carbocycles. The number of anilines is 1. The molecule has 1 aromatic carbocycles. The van der Waals surface area contributed by atoms with E-state index in [2.05, 4.69) is 0 Å². The summed E-state index contributed by atoms with van der Waals surface area (Å²) in [6, 6.07) is 5.22. The summed E-state index contributed by atoms with van der Waals surface area (Å²) < 4.78 is 5.14. The Labute approximate surface area is 121 Å². The second-order valence-corrected chi connectivity index (χ2v) is 6.14. The van der Waals surface area contributed by atoms with Gasteiger partial charge in [-0.15, -0.1) is 0 Å². The Bertz CT molecular complexity index is 521. The number of ether oxygens (including phenoxy) is 1. The highest BCUT2D eigenvalue weighted by Crippen LogP contribution is 2.33. The number of nitrogens with zero attached hydrogens (tertiary/aromatic N) is 1. The number of carbonyl (C=O) groups is 2. The summed E-state index contributed by atoms with van der Waals surface area (Å²) >= 11 is 7.18. The van der Waals surface area contributed by atoms with Gasteiger partial charge in [0.1, 0.15) is 5.75 Å². The fourth-order valence-electron chi connectivity index (χ4n) is 2.05. The fraction of sp³-hybridized carbons (Fsp3) is 0.385. The van der Waals surface area contributed by atoms with Crippen molar-refractivity contribution in [2.45, 2.75) is 18.6 Å². The number of hydrogen-bond donors (Lipinski definition) is 0. The first-order valence-electron chi connectivity index (χ1n) is 5.82. The first-order chi connectivity index (χ1) is 9.01. The number of halogens is 1. The van der Waals surface area contributed by atoms with Gasteiger partial charge in [0.25, 0.3) is 0 Å². The van der Waals surface area contributed by atoms with Crippen molar-refractivity contribution in [1.29, 1.82) is 0 Å². The largest absolute Gasteiger partial charge is 0.495 e. The molecular formula is C13H14ClNO3S. The highest BCUT2D eigenvalue weighted by atomic mass is 35.5. The van der Waals surface area contributed by atoms with Crippen LogP contribution >= 0.6 is 23.4 Å². The van der Waals surface area contributed by atoms with Gasteiger partial charge < -0.3 is 9.64 Å². The minimum atomic E-state index is 0.0168. The van der Waals surface area contributed by atoms with Crippen LogP contribution in [0.15, 0.2) is 18.2 Å². The minimum absolute atomic E-state index is 0.0168. The van der Waals surface area contributed by atoms with Gasteiger partial charge in [0.15, 0.2) is 5.12 Å². The van der Waals surface area contributed by atoms with Gasteiger partial charge >= 0.3 is 0 Å². The van der Waals surface area contributed by atoms with Crippen LogP contribution in [0.2, 0.25) is 5.02 Å². The Balaban J connectivity index is 2.18. The van der Waals surface area contributed by atoms with Crippen LogP contribution in [0.25, 0.3) is 0 Å². The molecule has 1 atom stereocenters. The molecule has 0 bridgehead atoms. The minimum Gasteiger partial charge on any atom is -0.495 e. The smallest absolute Gasteiger partial charge is 0.228 e. The molecule has 0 N–H and O–H groups in total. The Hall–Kier alpha value is -1.20. The molecule has 1 heterocycles. The Morgan fingerprint density at radius 2 is 2.26 bits per heavy atom. The van der Waals surface area contributed by atoms with E-state index in [0.717, 1.165) is 5.69 Å². The zero-order valence-corrected chi connectivity index (χ0v) is 12.3. The molecule has 1 saturated heterocycles. The van der Waals surface area contributed by atoms with Gasteiger partial charge in [-0.3, -0.25) is 9.59 Å². The summed E-state index contributed by atoms with van der Waals surface area (Å²) in [6.45, 7) is 2.05. The average molecular weight is 300 g/mol. The maximum Gasteiger partial charge on any atom is 0.228 e. The van der Waals surface area contributed by atoms with Crippen LogP contribution in [-0.4, -0.2) is 29.9 Å². The molecule has 1 fully saturated rings. The lowest BCUT2D eigenvalue weighted by Crippen LogP contribution is -2.24. The number of amides is 1. The Morgan fingerprint density at radius 1 is 1.53 bits per heavy atom. The summed E-state index contributed by atoms with van der Waals surface area (Å²) in [5.41, 5.74) is 0.748. The SMILES string of the molecule is COc1cc(N2CC(SC(C)=O)CC2=O)ccc1Cl. The summed E-state index contributed by atoms with van der Waals surface area (Å²) in [6.07, 6.45) is 0.384. The van der Waals surface area contributed by atoms with Crippen LogP contribution in [0.1, 0.15) is 13.3 Å². The predicted molar refractivity (Wildman–Crippen MR) is 77.0 cm³/mol. The molecule has 19 heavy (non-hydrogen) atoms. The number of thioether (sulfide) groups is 1. The molecule has 2 rings (SSSR count). The third kappa shape index (κ3) is 3.22. The second-order valence-electron chi connectivity index (χ2n) is 4.26. The lowest BCUT2D eigenvalue weighted by molar-refractivity contribution is -0.117. The van der Waals surface area contributed by atoms with E-state index in [9.17, 15) is 9.59 Å². The molecule has 4 nitrogen and oxygen atoms in total. The summed E-state index contributed by atoms with van der Waals surface area (Å²) in [7, 11) is 1.53. The zero-order chi connectivity index (χ0) is 14.0. The average Bonchev–Trinajstić information content (AvgIpc) is 2.70. The van der Waals surface area contributed by atoms with E-state index >= 15 is 0 Å². The van der Waals surface area contributed by atoms with Crippen molar-refractivity contribution in [1.82, 2.24) is 0 Å². The number of rotatable bonds is 3. The zero-order valence-electron chi connectivity index (χ0n) is 10.7. The first-order valence-corrected chi connectivity index (χ1v) is 7.08. The fourth-order valence-corrected chi connectivity index (χ4v) is 3.17. The monoisotopic (exact) mass is 299 g/mol. The van der Waals surface area contributed by atoms with Crippen molar-refractivity contribution >= 4 is 40.1 Å². The molecule has 0 aromatic heterocycles. The third-order valence-corrected chi connectivity index (χ3v) is 4.16. The highest BCUT2D eigenvalue weighted by molar-refractivity contribution is 8.14. The maximum absolute atomic E-state index is 12.0. The number of hydrogen-bond acceptors (Lipinski definition) is 4. The van der Waals surface area contributed by atoms with E-state index < -0.39 is 0 Å². The van der Waals surface area contributed by atoms with Crippen LogP contribution in [0, 0.1) is 0 Å². The summed E-state index contributed by atoms with van der Waals surface area (Å²) in [5.74, 6) is 0.553. The van der Waals surface area contributed by atoms with Crippen LogP contribution < -0.4 is 9.64 Å². The van der Waals surface area contributed by atoms with Crippen molar-refractivity contribution in [2.24, 2.45) is 0 Å². The molecule has 0 saturated carbocycles. The van der Waals surface area contributed by atoms with Gasteiger partial charge in [-0.05, 0) is 12.1 Å². The molecule has 1 aromatic rings. The van der Waals surface area contributed by atoms with Gasteiger partial charge in [-0.25, -0.2) is 0 Å². The van der Waals surface area contributed by atoms with Gasteiger partial charge in [-0.2, -0.15) is 0 Å². The Morgan fingerprint density at radius 3 is 2.89 bits per heavy atom. The van der Waals surface area contributed by atoms with Crippen LogP contribution in [0.5, 0.6) is 5.75 Å². The molecule has 6 heteroatoms. The van der Waals surface area contributed by atoms with E-state index in [4.69, 9.17) is 16.3 Å². The van der Waals surface area contributed by atoms with Crippen LogP contribution in [0.3, 0.4) is 0 Å². The molecule has 1 aliphatic rings. The Kier molecular flexibility index (Phi) is 4.37. The molecule has 0 spiro atoms. The molecule has 1 aliphatic heterocycles. The van der Waals surface area contributed by atoms with E-state index in [1.54, 1.807) is 23.1 Å². The van der Waals surface area contributed by atoms with E-state index in [0.29, 0.717) is 23.7 Å². The summed E-state index contributed by atoms with van der Waals surface area (Å²) in [4.78, 5) is 24.7.